The molecule has 0 radical (unpaired) electrons. The van der Waals surface area contributed by atoms with Crippen molar-refractivity contribution in [1.29, 1.82) is 0 Å². The third kappa shape index (κ3) is 7.76. The zero-order chi connectivity index (χ0) is 24.4. The lowest BCUT2D eigenvalue weighted by atomic mass is 10.1. The van der Waals surface area contributed by atoms with Gasteiger partial charge in [-0.25, -0.2) is 8.42 Å². The maximum Gasteiger partial charge on any atom is 0.254 e. The highest BCUT2D eigenvalue weighted by atomic mass is 32.2. The third-order valence-electron chi connectivity index (χ3n) is 6.03. The van der Waals surface area contributed by atoms with Crippen molar-refractivity contribution in [2.45, 2.75) is 65.0 Å². The molecule has 186 valence electrons. The molecule has 1 unspecified atom stereocenters. The monoisotopic (exact) mass is 487 g/mol. The minimum Gasteiger partial charge on any atom is -0.494 e. The Balaban J connectivity index is 1.69. The second kappa shape index (κ2) is 12.8. The number of hydrogen-bond acceptors (Lipinski definition) is 5. The van der Waals surface area contributed by atoms with Crippen LogP contribution in [0.1, 0.15) is 68.3 Å². The van der Waals surface area contributed by atoms with Crippen LogP contribution < -0.4 is 9.47 Å². The third-order valence-corrected chi connectivity index (χ3v) is 7.78. The van der Waals surface area contributed by atoms with Gasteiger partial charge in [-0.3, -0.25) is 4.79 Å². The van der Waals surface area contributed by atoms with Crippen molar-refractivity contribution >= 4 is 15.7 Å². The summed E-state index contributed by atoms with van der Waals surface area (Å²) >= 11 is 0. The van der Waals surface area contributed by atoms with Crippen LogP contribution >= 0.6 is 0 Å². The van der Waals surface area contributed by atoms with Crippen LogP contribution in [0.25, 0.3) is 0 Å². The van der Waals surface area contributed by atoms with E-state index in [1.54, 1.807) is 17.0 Å². The van der Waals surface area contributed by atoms with Gasteiger partial charge in [-0.15, -0.1) is 0 Å². The van der Waals surface area contributed by atoms with E-state index in [9.17, 15) is 13.2 Å². The van der Waals surface area contributed by atoms with Crippen molar-refractivity contribution in [1.82, 2.24) is 4.90 Å². The molecule has 0 bridgehead atoms. The van der Waals surface area contributed by atoms with Gasteiger partial charge in [-0.05, 0) is 61.2 Å². The molecule has 1 atom stereocenters. The fraction of sp³-hybridized carbons (Fsp3) is 0.519. The number of rotatable bonds is 13. The first-order valence-corrected chi connectivity index (χ1v) is 14.2. The molecule has 1 saturated heterocycles. The van der Waals surface area contributed by atoms with Gasteiger partial charge in [-0.2, -0.15) is 0 Å². The van der Waals surface area contributed by atoms with E-state index >= 15 is 0 Å². The van der Waals surface area contributed by atoms with Crippen LogP contribution in [0.4, 0.5) is 0 Å². The molecule has 1 aliphatic heterocycles. The summed E-state index contributed by atoms with van der Waals surface area (Å²) in [6.07, 6.45) is 5.96. The van der Waals surface area contributed by atoms with Gasteiger partial charge >= 0.3 is 0 Å². The van der Waals surface area contributed by atoms with Crippen LogP contribution in [0.15, 0.2) is 48.5 Å². The number of carbonyl (C=O) groups is 1. The first-order valence-electron chi connectivity index (χ1n) is 12.4. The van der Waals surface area contributed by atoms with E-state index in [1.165, 1.54) is 12.8 Å². The van der Waals surface area contributed by atoms with Gasteiger partial charge < -0.3 is 14.4 Å². The lowest BCUT2D eigenvalue weighted by Crippen LogP contribution is -2.40. The number of sulfone groups is 1. The summed E-state index contributed by atoms with van der Waals surface area (Å²) in [5, 5.41) is 0. The van der Waals surface area contributed by atoms with E-state index in [1.807, 2.05) is 36.4 Å². The van der Waals surface area contributed by atoms with Crippen molar-refractivity contribution < 1.29 is 22.7 Å². The van der Waals surface area contributed by atoms with Gasteiger partial charge in [0, 0.05) is 18.2 Å². The van der Waals surface area contributed by atoms with Crippen molar-refractivity contribution in [3.63, 3.8) is 0 Å². The molecule has 1 amide bonds. The first kappa shape index (κ1) is 26.1. The van der Waals surface area contributed by atoms with Crippen molar-refractivity contribution in [3.05, 3.63) is 59.7 Å². The lowest BCUT2D eigenvalue weighted by molar-refractivity contribution is 0.0681. The highest BCUT2D eigenvalue weighted by Crippen LogP contribution is 2.24. The van der Waals surface area contributed by atoms with Crippen LogP contribution in [0.5, 0.6) is 11.5 Å². The van der Waals surface area contributed by atoms with E-state index in [0.29, 0.717) is 31.7 Å². The smallest absolute Gasteiger partial charge is 0.254 e. The van der Waals surface area contributed by atoms with Crippen molar-refractivity contribution in [2.75, 3.05) is 24.7 Å². The van der Waals surface area contributed by atoms with E-state index in [0.717, 1.165) is 36.3 Å². The molecule has 34 heavy (non-hydrogen) atoms. The lowest BCUT2D eigenvalue weighted by Gasteiger charge is -2.28. The number of unbranched alkanes of at least 4 members (excludes halogenated alkanes) is 3. The minimum absolute atomic E-state index is 0.00931. The molecule has 0 saturated carbocycles. The number of amides is 1. The van der Waals surface area contributed by atoms with Gasteiger partial charge in [0.25, 0.3) is 5.91 Å². The molecule has 2 aromatic carbocycles. The van der Waals surface area contributed by atoms with Gasteiger partial charge in [0.05, 0.1) is 24.7 Å². The summed E-state index contributed by atoms with van der Waals surface area (Å²) < 4.78 is 35.7. The average molecular weight is 488 g/mol. The normalized spacial score (nSPS) is 16.8. The Bertz CT molecular complexity index is 1000. The van der Waals surface area contributed by atoms with Crippen LogP contribution in [-0.2, 0) is 16.4 Å². The second-order valence-electron chi connectivity index (χ2n) is 8.92. The molecule has 1 heterocycles. The van der Waals surface area contributed by atoms with Crippen LogP contribution in [0, 0.1) is 0 Å². The van der Waals surface area contributed by atoms with Gasteiger partial charge in [0.15, 0.2) is 9.84 Å². The van der Waals surface area contributed by atoms with E-state index in [4.69, 9.17) is 9.47 Å². The molecule has 0 spiro atoms. The summed E-state index contributed by atoms with van der Waals surface area (Å²) in [6, 6.07) is 14.5. The SMILES string of the molecule is CCCCCCOc1ccc(C(=O)N(Cc2ccc(OCCC)cc2)C2CCS(=O)(=O)C2)cc1. The topological polar surface area (TPSA) is 72.9 Å². The Morgan fingerprint density at radius 2 is 1.53 bits per heavy atom. The van der Waals surface area contributed by atoms with E-state index < -0.39 is 9.84 Å². The van der Waals surface area contributed by atoms with Crippen molar-refractivity contribution in [2.24, 2.45) is 0 Å². The molecule has 1 fully saturated rings. The quantitative estimate of drug-likeness (QED) is 0.360. The Hall–Kier alpha value is -2.54. The number of hydrogen-bond donors (Lipinski definition) is 0. The molecular weight excluding hydrogens is 450 g/mol. The average Bonchev–Trinajstić information content (AvgIpc) is 3.21. The Labute approximate surface area is 204 Å². The number of carbonyl (C=O) groups excluding carboxylic acids is 1. The summed E-state index contributed by atoms with van der Waals surface area (Å²) in [7, 11) is -3.12. The number of nitrogens with zero attached hydrogens (tertiary/aromatic N) is 1. The Morgan fingerprint density at radius 1 is 0.882 bits per heavy atom. The summed E-state index contributed by atoms with van der Waals surface area (Å²) in [4.78, 5) is 15.2. The molecule has 3 rings (SSSR count). The van der Waals surface area contributed by atoms with Gasteiger partial charge in [-0.1, -0.05) is 45.2 Å². The number of ether oxygens (including phenoxy) is 2. The molecular formula is C27H37NO5S. The largest absolute Gasteiger partial charge is 0.494 e. The van der Waals surface area contributed by atoms with E-state index in [-0.39, 0.29) is 23.5 Å². The Morgan fingerprint density at radius 3 is 2.12 bits per heavy atom. The van der Waals surface area contributed by atoms with Gasteiger partial charge in [0.2, 0.25) is 0 Å². The predicted molar refractivity (Wildman–Crippen MR) is 135 cm³/mol. The van der Waals surface area contributed by atoms with Crippen molar-refractivity contribution in [3.8, 4) is 11.5 Å². The van der Waals surface area contributed by atoms with E-state index in [2.05, 4.69) is 13.8 Å². The summed E-state index contributed by atoms with van der Waals surface area (Å²) in [5.74, 6) is 1.50. The highest BCUT2D eigenvalue weighted by molar-refractivity contribution is 7.91. The zero-order valence-electron chi connectivity index (χ0n) is 20.4. The predicted octanol–water partition coefficient (Wildman–Crippen LogP) is 5.26. The van der Waals surface area contributed by atoms with Crippen LogP contribution in [-0.4, -0.2) is 50.0 Å². The fourth-order valence-electron chi connectivity index (χ4n) is 4.07. The first-order chi connectivity index (χ1) is 16.4. The summed E-state index contributed by atoms with van der Waals surface area (Å²) in [5.41, 5.74) is 1.47. The standard InChI is InChI=1S/C27H37NO5S/c1-3-5-6-7-18-33-26-14-10-23(11-15-26)27(29)28(24-16-19-34(30,31)21-24)20-22-8-12-25(13-9-22)32-17-4-2/h8-15,24H,3-7,16-21H2,1-2H3. The molecule has 0 aromatic heterocycles. The molecule has 1 aliphatic rings. The molecule has 2 aromatic rings. The fourth-order valence-corrected chi connectivity index (χ4v) is 5.80. The summed E-state index contributed by atoms with van der Waals surface area (Å²) in [6.45, 7) is 5.90. The Kier molecular flexibility index (Phi) is 9.81. The maximum absolute atomic E-state index is 13.5. The molecule has 7 heteroatoms. The molecule has 0 aliphatic carbocycles. The molecule has 6 nitrogen and oxygen atoms in total. The zero-order valence-corrected chi connectivity index (χ0v) is 21.2. The number of benzene rings is 2. The molecule has 0 N–H and O–H groups in total. The van der Waals surface area contributed by atoms with Crippen LogP contribution in [0.3, 0.4) is 0 Å². The maximum atomic E-state index is 13.5. The van der Waals surface area contributed by atoms with Gasteiger partial charge in [0.1, 0.15) is 11.5 Å². The highest BCUT2D eigenvalue weighted by Gasteiger charge is 2.35. The minimum atomic E-state index is -3.12. The van der Waals surface area contributed by atoms with Crippen LogP contribution in [0.2, 0.25) is 0 Å². The second-order valence-corrected chi connectivity index (χ2v) is 11.1.